The number of nitrogens with one attached hydrogen (secondary N) is 1. The first-order valence-corrected chi connectivity index (χ1v) is 12.2. The van der Waals surface area contributed by atoms with Gasteiger partial charge in [0.1, 0.15) is 5.75 Å². The number of amides is 2. The van der Waals surface area contributed by atoms with E-state index in [1.807, 2.05) is 24.3 Å². The fourth-order valence-corrected chi connectivity index (χ4v) is 5.21. The zero-order valence-electron chi connectivity index (χ0n) is 19.5. The van der Waals surface area contributed by atoms with Crippen molar-refractivity contribution in [3.63, 3.8) is 0 Å². The maximum absolute atomic E-state index is 11.9. The number of hydrogen-bond donors (Lipinski definition) is 2. The number of hydrogen-bond acceptors (Lipinski definition) is 7. The van der Waals surface area contributed by atoms with E-state index in [-0.39, 0.29) is 11.8 Å². The lowest BCUT2D eigenvalue weighted by molar-refractivity contribution is -0.138. The Balaban J connectivity index is 1.08. The van der Waals surface area contributed by atoms with Crippen molar-refractivity contribution in [1.29, 1.82) is 0 Å². The van der Waals surface area contributed by atoms with Gasteiger partial charge in [-0.25, -0.2) is 0 Å². The predicted molar refractivity (Wildman–Crippen MR) is 133 cm³/mol. The summed E-state index contributed by atoms with van der Waals surface area (Å²) in [4.78, 5) is 30.7. The van der Waals surface area contributed by atoms with Crippen molar-refractivity contribution < 1.29 is 14.3 Å². The molecule has 5 rings (SSSR count). The summed E-state index contributed by atoms with van der Waals surface area (Å²) in [6.45, 7) is 6.33. The summed E-state index contributed by atoms with van der Waals surface area (Å²) in [7, 11) is 0. The largest absolute Gasteiger partial charge is 0.481 e. The normalized spacial score (nSPS) is 22.5. The number of nitrogens with two attached hydrogens (primary N) is 1. The Labute approximate surface area is 200 Å². The van der Waals surface area contributed by atoms with E-state index in [0.717, 1.165) is 45.0 Å². The minimum Gasteiger partial charge on any atom is -0.481 e. The lowest BCUT2D eigenvalue weighted by atomic mass is 10.0. The SMILES string of the molecule is Nc1ccc(N2CCC(N3CCN(c4ccc(OC5CCC(=O)NC5=O)cc4)CC3)CC2)cc1. The molecule has 3 saturated heterocycles. The lowest BCUT2D eigenvalue weighted by Gasteiger charge is -2.43. The molecule has 1 unspecified atom stereocenters. The molecule has 0 radical (unpaired) electrons. The number of carbonyl (C=O) groups is 2. The van der Waals surface area contributed by atoms with Gasteiger partial charge in [0.2, 0.25) is 5.91 Å². The first kappa shape index (κ1) is 22.5. The average molecular weight is 464 g/mol. The number of imide groups is 1. The first-order chi connectivity index (χ1) is 16.5. The van der Waals surface area contributed by atoms with E-state index in [4.69, 9.17) is 10.5 Å². The zero-order valence-corrected chi connectivity index (χ0v) is 19.5. The second-order valence-corrected chi connectivity index (χ2v) is 9.38. The maximum atomic E-state index is 11.9. The van der Waals surface area contributed by atoms with Crippen LogP contribution in [0.3, 0.4) is 0 Å². The van der Waals surface area contributed by atoms with Crippen molar-refractivity contribution >= 4 is 28.9 Å². The highest BCUT2D eigenvalue weighted by molar-refractivity contribution is 5.99. The highest BCUT2D eigenvalue weighted by Gasteiger charge is 2.29. The summed E-state index contributed by atoms with van der Waals surface area (Å²) < 4.78 is 5.80. The molecule has 1 atom stereocenters. The summed E-state index contributed by atoms with van der Waals surface area (Å²) >= 11 is 0. The molecule has 0 bridgehead atoms. The smallest absolute Gasteiger partial charge is 0.267 e. The maximum Gasteiger partial charge on any atom is 0.267 e. The predicted octanol–water partition coefficient (Wildman–Crippen LogP) is 2.24. The number of nitrogen functional groups attached to an aromatic ring is 1. The van der Waals surface area contributed by atoms with E-state index >= 15 is 0 Å². The number of carbonyl (C=O) groups excluding carboxylic acids is 2. The quantitative estimate of drug-likeness (QED) is 0.519. The molecule has 2 amide bonds. The van der Waals surface area contributed by atoms with Crippen LogP contribution in [0.25, 0.3) is 0 Å². The number of rotatable bonds is 5. The Kier molecular flexibility index (Phi) is 6.58. The van der Waals surface area contributed by atoms with Crippen LogP contribution in [0.1, 0.15) is 25.7 Å². The molecule has 3 N–H and O–H groups in total. The summed E-state index contributed by atoms with van der Waals surface area (Å²) in [5.74, 6) is 0.0761. The van der Waals surface area contributed by atoms with Gasteiger partial charge in [0.05, 0.1) is 0 Å². The van der Waals surface area contributed by atoms with E-state index in [1.165, 1.54) is 24.2 Å². The second-order valence-electron chi connectivity index (χ2n) is 9.38. The lowest BCUT2D eigenvalue weighted by Crippen LogP contribution is -2.53. The summed E-state index contributed by atoms with van der Waals surface area (Å²) in [6, 6.07) is 16.8. The topological polar surface area (TPSA) is 91.1 Å². The molecule has 34 heavy (non-hydrogen) atoms. The van der Waals surface area contributed by atoms with E-state index in [9.17, 15) is 9.59 Å². The third kappa shape index (κ3) is 5.12. The van der Waals surface area contributed by atoms with Gasteiger partial charge in [-0.05, 0) is 61.4 Å². The minimum absolute atomic E-state index is 0.230. The Bertz CT molecular complexity index is 994. The number of anilines is 3. The molecule has 0 saturated carbocycles. The van der Waals surface area contributed by atoms with Crippen LogP contribution < -0.4 is 25.6 Å². The van der Waals surface area contributed by atoms with Crippen LogP contribution in [-0.4, -0.2) is 68.1 Å². The summed E-state index contributed by atoms with van der Waals surface area (Å²) in [5.41, 5.74) is 9.08. The van der Waals surface area contributed by atoms with Gasteiger partial charge in [0, 0.05) is 75.2 Å². The molecule has 3 aliphatic heterocycles. The van der Waals surface area contributed by atoms with Crippen LogP contribution in [0, 0.1) is 0 Å². The number of piperidine rings is 2. The van der Waals surface area contributed by atoms with Crippen LogP contribution in [0.4, 0.5) is 17.1 Å². The van der Waals surface area contributed by atoms with Gasteiger partial charge in [-0.1, -0.05) is 0 Å². The molecule has 3 aliphatic rings. The van der Waals surface area contributed by atoms with E-state index in [2.05, 4.69) is 44.3 Å². The van der Waals surface area contributed by atoms with Gasteiger partial charge in [-0.15, -0.1) is 0 Å². The Morgan fingerprint density at radius 2 is 1.35 bits per heavy atom. The summed E-state index contributed by atoms with van der Waals surface area (Å²) in [5, 5.41) is 2.33. The number of piperazine rings is 1. The first-order valence-electron chi connectivity index (χ1n) is 12.2. The number of benzene rings is 2. The van der Waals surface area contributed by atoms with Crippen LogP contribution in [0.15, 0.2) is 48.5 Å². The molecule has 3 fully saturated rings. The average Bonchev–Trinajstić information content (AvgIpc) is 2.87. The highest BCUT2D eigenvalue weighted by Crippen LogP contribution is 2.26. The van der Waals surface area contributed by atoms with Gasteiger partial charge in [-0.2, -0.15) is 0 Å². The molecular weight excluding hydrogens is 430 g/mol. The molecule has 2 aromatic carbocycles. The van der Waals surface area contributed by atoms with E-state index in [0.29, 0.717) is 24.6 Å². The van der Waals surface area contributed by atoms with Crippen molar-refractivity contribution in [2.24, 2.45) is 0 Å². The third-order valence-electron chi connectivity index (χ3n) is 7.22. The van der Waals surface area contributed by atoms with Gasteiger partial charge < -0.3 is 20.3 Å². The van der Waals surface area contributed by atoms with Gasteiger partial charge in [0.25, 0.3) is 5.91 Å². The molecular formula is C26H33N5O3. The molecule has 8 heteroatoms. The van der Waals surface area contributed by atoms with Crippen molar-refractivity contribution in [3.8, 4) is 5.75 Å². The van der Waals surface area contributed by atoms with Gasteiger partial charge in [-0.3, -0.25) is 19.8 Å². The zero-order chi connectivity index (χ0) is 23.5. The second kappa shape index (κ2) is 9.93. The van der Waals surface area contributed by atoms with Crippen LogP contribution in [0.5, 0.6) is 5.75 Å². The molecule has 0 spiro atoms. The van der Waals surface area contributed by atoms with E-state index < -0.39 is 6.10 Å². The van der Waals surface area contributed by atoms with Gasteiger partial charge >= 0.3 is 0 Å². The Hall–Kier alpha value is -3.26. The van der Waals surface area contributed by atoms with Crippen LogP contribution >= 0.6 is 0 Å². The van der Waals surface area contributed by atoms with Gasteiger partial charge in [0.15, 0.2) is 6.10 Å². The van der Waals surface area contributed by atoms with E-state index in [1.54, 1.807) is 0 Å². The third-order valence-corrected chi connectivity index (χ3v) is 7.22. The molecule has 180 valence electrons. The molecule has 0 aromatic heterocycles. The van der Waals surface area contributed by atoms with Crippen molar-refractivity contribution in [2.45, 2.75) is 37.8 Å². The van der Waals surface area contributed by atoms with Crippen LogP contribution in [0.2, 0.25) is 0 Å². The number of nitrogens with zero attached hydrogens (tertiary/aromatic N) is 3. The van der Waals surface area contributed by atoms with Crippen molar-refractivity contribution in [1.82, 2.24) is 10.2 Å². The molecule has 2 aromatic rings. The minimum atomic E-state index is -0.599. The Morgan fingerprint density at radius 3 is 1.97 bits per heavy atom. The monoisotopic (exact) mass is 463 g/mol. The fourth-order valence-electron chi connectivity index (χ4n) is 5.21. The highest BCUT2D eigenvalue weighted by atomic mass is 16.5. The van der Waals surface area contributed by atoms with Crippen molar-refractivity contribution in [2.75, 3.05) is 54.8 Å². The standard InChI is InChI=1S/C26H33N5O3/c27-19-1-3-20(4-2-19)29-13-11-22(12-14-29)31-17-15-30(16-18-31)21-5-7-23(8-6-21)34-24-9-10-25(32)28-26(24)33/h1-8,22,24H,9-18,27H2,(H,28,32,33). The van der Waals surface area contributed by atoms with Crippen LogP contribution in [-0.2, 0) is 9.59 Å². The molecule has 0 aliphatic carbocycles. The Morgan fingerprint density at radius 1 is 0.765 bits per heavy atom. The summed E-state index contributed by atoms with van der Waals surface area (Å²) in [6.07, 6.45) is 2.53. The molecule has 8 nitrogen and oxygen atoms in total. The number of ether oxygens (including phenoxy) is 1. The molecule has 3 heterocycles. The fraction of sp³-hybridized carbons (Fsp3) is 0.462. The van der Waals surface area contributed by atoms with Crippen molar-refractivity contribution in [3.05, 3.63) is 48.5 Å².